The van der Waals surface area contributed by atoms with Crippen molar-refractivity contribution in [2.24, 2.45) is 0 Å². The molecule has 1 unspecified atom stereocenters. The van der Waals surface area contributed by atoms with Crippen LogP contribution in [0.1, 0.15) is 48.4 Å². The summed E-state index contributed by atoms with van der Waals surface area (Å²) >= 11 is 6.63. The Labute approximate surface area is 183 Å². The lowest BCUT2D eigenvalue weighted by atomic mass is 10.0. The number of nitrogens with zero attached hydrogens (tertiary/aromatic N) is 6. The maximum Gasteiger partial charge on any atom is 0.173 e. The van der Waals surface area contributed by atoms with E-state index >= 15 is 0 Å². The number of rotatable bonds is 5. The van der Waals surface area contributed by atoms with Crippen LogP contribution in [0.2, 0.25) is 5.02 Å². The van der Waals surface area contributed by atoms with Gasteiger partial charge in [0.1, 0.15) is 0 Å². The second-order valence-corrected chi connectivity index (χ2v) is 8.72. The van der Waals surface area contributed by atoms with Crippen molar-refractivity contribution in [3.63, 3.8) is 0 Å². The van der Waals surface area contributed by atoms with Gasteiger partial charge in [-0.15, -0.1) is 5.10 Å². The van der Waals surface area contributed by atoms with E-state index in [4.69, 9.17) is 11.6 Å². The van der Waals surface area contributed by atoms with Gasteiger partial charge in [-0.1, -0.05) is 41.9 Å². The van der Waals surface area contributed by atoms with Gasteiger partial charge in [0.05, 0.1) is 12.1 Å². The molecule has 1 fully saturated rings. The summed E-state index contributed by atoms with van der Waals surface area (Å²) in [6.07, 6.45) is 0. The predicted molar refractivity (Wildman–Crippen MR) is 121 cm³/mol. The quantitative estimate of drug-likeness (QED) is 0.606. The van der Waals surface area contributed by atoms with Crippen LogP contribution < -0.4 is 4.90 Å². The fraction of sp³-hybridized carbons (Fsp3) is 0.435. The van der Waals surface area contributed by atoms with Gasteiger partial charge in [0.2, 0.25) is 0 Å². The average molecular weight is 425 g/mol. The fourth-order valence-electron chi connectivity index (χ4n) is 4.23. The van der Waals surface area contributed by atoms with E-state index in [0.29, 0.717) is 0 Å². The number of benzene rings is 2. The van der Waals surface area contributed by atoms with Gasteiger partial charge in [-0.05, 0) is 66.9 Å². The SMILES string of the molecule is Cc1ccc(C)c(N2CCN(C(c3ccccc3Cl)c3nnnn3C(C)C)CC2)c1. The minimum atomic E-state index is -0.0724. The summed E-state index contributed by atoms with van der Waals surface area (Å²) in [6, 6.07) is 14.8. The molecule has 2 aromatic carbocycles. The van der Waals surface area contributed by atoms with E-state index in [1.807, 2.05) is 22.9 Å². The zero-order valence-corrected chi connectivity index (χ0v) is 18.8. The van der Waals surface area contributed by atoms with Crippen molar-refractivity contribution in [1.29, 1.82) is 0 Å². The van der Waals surface area contributed by atoms with Crippen molar-refractivity contribution < 1.29 is 0 Å². The number of aryl methyl sites for hydroxylation is 2. The lowest BCUT2D eigenvalue weighted by molar-refractivity contribution is 0.199. The highest BCUT2D eigenvalue weighted by molar-refractivity contribution is 6.31. The Bertz CT molecular complexity index is 1010. The summed E-state index contributed by atoms with van der Waals surface area (Å²) in [6.45, 7) is 12.3. The molecule has 1 aliphatic rings. The van der Waals surface area contributed by atoms with Crippen molar-refractivity contribution in [3.05, 3.63) is 70.0 Å². The smallest absolute Gasteiger partial charge is 0.173 e. The second kappa shape index (κ2) is 8.74. The molecule has 6 nitrogen and oxygen atoms in total. The molecule has 0 radical (unpaired) electrons. The first kappa shape index (κ1) is 20.8. The molecule has 0 saturated carbocycles. The molecule has 0 N–H and O–H groups in total. The zero-order valence-electron chi connectivity index (χ0n) is 18.1. The second-order valence-electron chi connectivity index (χ2n) is 8.31. The topological polar surface area (TPSA) is 50.1 Å². The molecule has 1 atom stereocenters. The lowest BCUT2D eigenvalue weighted by Crippen LogP contribution is -2.48. The molecular weight excluding hydrogens is 396 g/mol. The van der Waals surface area contributed by atoms with E-state index in [1.165, 1.54) is 16.8 Å². The van der Waals surface area contributed by atoms with Crippen LogP contribution in [0.15, 0.2) is 42.5 Å². The molecule has 7 heteroatoms. The van der Waals surface area contributed by atoms with E-state index in [1.54, 1.807) is 0 Å². The molecular formula is C23H29ClN6. The van der Waals surface area contributed by atoms with Gasteiger partial charge in [-0.3, -0.25) is 4.90 Å². The molecule has 1 aromatic heterocycles. The Morgan fingerprint density at radius 1 is 0.967 bits per heavy atom. The maximum atomic E-state index is 6.63. The highest BCUT2D eigenvalue weighted by Crippen LogP contribution is 2.34. The third kappa shape index (κ3) is 4.07. The molecule has 30 heavy (non-hydrogen) atoms. The van der Waals surface area contributed by atoms with Crippen LogP contribution in [-0.4, -0.2) is 51.3 Å². The van der Waals surface area contributed by atoms with Gasteiger partial charge in [-0.25, -0.2) is 4.68 Å². The molecule has 1 saturated heterocycles. The van der Waals surface area contributed by atoms with Crippen LogP contribution in [-0.2, 0) is 0 Å². The number of tetrazole rings is 1. The highest BCUT2D eigenvalue weighted by atomic mass is 35.5. The van der Waals surface area contributed by atoms with Crippen molar-refractivity contribution in [2.75, 3.05) is 31.1 Å². The minimum Gasteiger partial charge on any atom is -0.369 e. The molecule has 0 aliphatic carbocycles. The number of hydrogen-bond acceptors (Lipinski definition) is 5. The van der Waals surface area contributed by atoms with Gasteiger partial charge in [0.25, 0.3) is 0 Å². The number of piperazine rings is 1. The summed E-state index contributed by atoms with van der Waals surface area (Å²) in [7, 11) is 0. The highest BCUT2D eigenvalue weighted by Gasteiger charge is 2.32. The van der Waals surface area contributed by atoms with Gasteiger partial charge in [0.15, 0.2) is 5.82 Å². The van der Waals surface area contributed by atoms with Crippen molar-refractivity contribution in [1.82, 2.24) is 25.1 Å². The third-order valence-corrected chi connectivity index (χ3v) is 6.18. The molecule has 3 aromatic rings. The fourth-order valence-corrected chi connectivity index (χ4v) is 4.46. The van der Waals surface area contributed by atoms with E-state index in [2.05, 4.69) is 77.3 Å². The monoisotopic (exact) mass is 424 g/mol. The first-order chi connectivity index (χ1) is 14.5. The Hall–Kier alpha value is -2.44. The van der Waals surface area contributed by atoms with Gasteiger partial charge >= 0.3 is 0 Å². The number of aromatic nitrogens is 4. The van der Waals surface area contributed by atoms with Crippen LogP contribution in [0.25, 0.3) is 0 Å². The number of hydrogen-bond donors (Lipinski definition) is 0. The van der Waals surface area contributed by atoms with Crippen molar-refractivity contribution >= 4 is 17.3 Å². The molecule has 4 rings (SSSR count). The first-order valence-corrected chi connectivity index (χ1v) is 10.9. The predicted octanol–water partition coefficient (Wildman–Crippen LogP) is 4.44. The summed E-state index contributed by atoms with van der Waals surface area (Å²) < 4.78 is 1.91. The molecule has 0 spiro atoms. The Morgan fingerprint density at radius 2 is 1.70 bits per heavy atom. The minimum absolute atomic E-state index is 0.0724. The standard InChI is InChI=1S/C23H29ClN6/c1-16(2)30-23(25-26-27-30)22(19-7-5-6-8-20(19)24)29-13-11-28(12-14-29)21-15-17(3)9-10-18(21)4/h5-10,15-16,22H,11-14H2,1-4H3. The molecule has 0 amide bonds. The van der Waals surface area contributed by atoms with Crippen LogP contribution in [0, 0.1) is 13.8 Å². The van der Waals surface area contributed by atoms with E-state index in [-0.39, 0.29) is 12.1 Å². The van der Waals surface area contributed by atoms with Crippen molar-refractivity contribution in [3.8, 4) is 0 Å². The zero-order chi connectivity index (χ0) is 21.3. The largest absolute Gasteiger partial charge is 0.369 e. The van der Waals surface area contributed by atoms with E-state index < -0.39 is 0 Å². The van der Waals surface area contributed by atoms with Gasteiger partial charge < -0.3 is 4.90 Å². The average Bonchev–Trinajstić information content (AvgIpc) is 3.22. The molecule has 2 heterocycles. The van der Waals surface area contributed by atoms with Crippen LogP contribution >= 0.6 is 11.6 Å². The Kier molecular flexibility index (Phi) is 6.06. The van der Waals surface area contributed by atoms with Crippen LogP contribution in [0.5, 0.6) is 0 Å². The third-order valence-electron chi connectivity index (χ3n) is 5.84. The van der Waals surface area contributed by atoms with Crippen LogP contribution in [0.3, 0.4) is 0 Å². The lowest BCUT2D eigenvalue weighted by Gasteiger charge is -2.40. The summed E-state index contributed by atoms with van der Waals surface area (Å²) in [5.41, 5.74) is 5.00. The summed E-state index contributed by atoms with van der Waals surface area (Å²) in [5.74, 6) is 0.846. The van der Waals surface area contributed by atoms with Gasteiger partial charge in [-0.2, -0.15) is 0 Å². The van der Waals surface area contributed by atoms with E-state index in [9.17, 15) is 0 Å². The Balaban J connectivity index is 1.64. The molecule has 158 valence electrons. The molecule has 0 bridgehead atoms. The molecule has 1 aliphatic heterocycles. The maximum absolute atomic E-state index is 6.63. The first-order valence-electron chi connectivity index (χ1n) is 10.5. The summed E-state index contributed by atoms with van der Waals surface area (Å²) in [4.78, 5) is 4.93. The van der Waals surface area contributed by atoms with Gasteiger partial charge in [0, 0.05) is 36.9 Å². The van der Waals surface area contributed by atoms with E-state index in [0.717, 1.165) is 42.6 Å². The normalized spacial score (nSPS) is 16.3. The van der Waals surface area contributed by atoms with Crippen molar-refractivity contribution in [2.45, 2.75) is 39.8 Å². The summed E-state index contributed by atoms with van der Waals surface area (Å²) in [5, 5.41) is 13.4. The van der Waals surface area contributed by atoms with Crippen LogP contribution in [0.4, 0.5) is 5.69 Å². The Morgan fingerprint density at radius 3 is 2.40 bits per heavy atom. The number of halogens is 1. The number of anilines is 1.